The smallest absolute Gasteiger partial charge is 0.00781 e. The average Bonchev–Trinajstić information content (AvgIpc) is 2.74. The number of hydrogen-bond acceptors (Lipinski definition) is 0. The Morgan fingerprint density at radius 1 is 0.833 bits per heavy atom. The van der Waals surface area contributed by atoms with E-state index in [1.807, 2.05) is 36.9 Å². The molecule has 2 nitrogen and oxygen atoms in total. The van der Waals surface area contributed by atoms with Gasteiger partial charge < -0.3 is 9.97 Å². The summed E-state index contributed by atoms with van der Waals surface area (Å²) in [6.07, 6.45) is 11.9. The zero-order chi connectivity index (χ0) is 8.23. The lowest BCUT2D eigenvalue weighted by atomic mass is 10.2. The largest absolute Gasteiger partial charge is 0.367 e. The summed E-state index contributed by atoms with van der Waals surface area (Å²) >= 11 is 0. The quantitative estimate of drug-likeness (QED) is 0.673. The Kier molecular flexibility index (Phi) is 1.82. The molecule has 2 heterocycles. The maximum absolute atomic E-state index is 3.00. The van der Waals surface area contributed by atoms with Crippen molar-refractivity contribution in [3.05, 3.63) is 48.0 Å². The number of aromatic amines is 2. The van der Waals surface area contributed by atoms with E-state index in [4.69, 9.17) is 0 Å². The van der Waals surface area contributed by atoms with Crippen molar-refractivity contribution in [2.24, 2.45) is 0 Å². The fourth-order valence-corrected chi connectivity index (χ4v) is 1.07. The van der Waals surface area contributed by atoms with Gasteiger partial charge in [0.2, 0.25) is 0 Å². The molecule has 0 radical (unpaired) electrons. The van der Waals surface area contributed by atoms with E-state index in [1.165, 1.54) is 11.1 Å². The van der Waals surface area contributed by atoms with Gasteiger partial charge in [-0.2, -0.15) is 0 Å². The van der Waals surface area contributed by atoms with Crippen LogP contribution in [0, 0.1) is 0 Å². The predicted molar refractivity (Wildman–Crippen MR) is 50.5 cm³/mol. The summed E-state index contributed by atoms with van der Waals surface area (Å²) in [4.78, 5) is 6.00. The van der Waals surface area contributed by atoms with E-state index < -0.39 is 0 Å². The molecule has 0 atom stereocenters. The zero-order valence-electron chi connectivity index (χ0n) is 6.62. The third kappa shape index (κ3) is 1.48. The first-order chi connectivity index (χ1) is 5.95. The number of H-pyrrole nitrogens is 2. The lowest BCUT2D eigenvalue weighted by molar-refractivity contribution is 1.41. The normalized spacial score (nSPS) is 11.0. The molecule has 0 fully saturated rings. The molecule has 0 aromatic carbocycles. The Hall–Kier alpha value is -1.70. The predicted octanol–water partition coefficient (Wildman–Crippen LogP) is 2.51. The second-order valence-electron chi connectivity index (χ2n) is 2.62. The van der Waals surface area contributed by atoms with Crippen molar-refractivity contribution >= 4 is 12.2 Å². The second-order valence-corrected chi connectivity index (χ2v) is 2.62. The molecule has 12 heavy (non-hydrogen) atoms. The van der Waals surface area contributed by atoms with Gasteiger partial charge >= 0.3 is 0 Å². The van der Waals surface area contributed by atoms with Crippen LogP contribution in [0.1, 0.15) is 11.1 Å². The number of aromatic nitrogens is 2. The zero-order valence-corrected chi connectivity index (χ0v) is 6.62. The molecule has 2 heteroatoms. The first-order valence-electron chi connectivity index (χ1n) is 3.89. The van der Waals surface area contributed by atoms with Crippen LogP contribution >= 0.6 is 0 Å². The van der Waals surface area contributed by atoms with Crippen molar-refractivity contribution in [3.8, 4) is 0 Å². The molecule has 0 bridgehead atoms. The molecule has 2 N–H and O–H groups in total. The molecule has 0 unspecified atom stereocenters. The maximum atomic E-state index is 3.00. The highest BCUT2D eigenvalue weighted by Gasteiger charge is 1.86. The van der Waals surface area contributed by atoms with E-state index in [9.17, 15) is 0 Å². The number of rotatable bonds is 2. The molecule has 0 saturated heterocycles. The highest BCUT2D eigenvalue weighted by molar-refractivity contribution is 5.68. The van der Waals surface area contributed by atoms with Crippen LogP contribution in [0.15, 0.2) is 36.9 Å². The summed E-state index contributed by atoms with van der Waals surface area (Å²) in [7, 11) is 0. The van der Waals surface area contributed by atoms with Crippen LogP contribution in [0.5, 0.6) is 0 Å². The SMILES string of the molecule is C(=Cc1cc[nH]c1)c1cc[nH]c1. The van der Waals surface area contributed by atoms with Crippen molar-refractivity contribution in [2.45, 2.75) is 0 Å². The van der Waals surface area contributed by atoms with Crippen LogP contribution in [0.25, 0.3) is 12.2 Å². The summed E-state index contributed by atoms with van der Waals surface area (Å²) in [5, 5.41) is 0. The maximum Gasteiger partial charge on any atom is 0.00781 e. The van der Waals surface area contributed by atoms with Crippen LogP contribution in [-0.2, 0) is 0 Å². The van der Waals surface area contributed by atoms with E-state index in [0.717, 1.165) is 0 Å². The molecular weight excluding hydrogens is 148 g/mol. The highest BCUT2D eigenvalue weighted by Crippen LogP contribution is 2.05. The third-order valence-electron chi connectivity index (χ3n) is 1.71. The van der Waals surface area contributed by atoms with Crippen LogP contribution in [0.2, 0.25) is 0 Å². The van der Waals surface area contributed by atoms with Crippen LogP contribution in [0.3, 0.4) is 0 Å². The van der Waals surface area contributed by atoms with Crippen LogP contribution in [-0.4, -0.2) is 9.97 Å². The lowest BCUT2D eigenvalue weighted by Crippen LogP contribution is -1.62. The van der Waals surface area contributed by atoms with E-state index >= 15 is 0 Å². The van der Waals surface area contributed by atoms with Crippen molar-refractivity contribution in [1.82, 2.24) is 9.97 Å². The molecule has 60 valence electrons. The Morgan fingerprint density at radius 3 is 1.67 bits per heavy atom. The van der Waals surface area contributed by atoms with Crippen molar-refractivity contribution < 1.29 is 0 Å². The summed E-state index contributed by atoms with van der Waals surface area (Å²) in [5.74, 6) is 0. The van der Waals surface area contributed by atoms with Gasteiger partial charge in [0, 0.05) is 24.8 Å². The third-order valence-corrected chi connectivity index (χ3v) is 1.71. The van der Waals surface area contributed by atoms with E-state index in [-0.39, 0.29) is 0 Å². The first kappa shape index (κ1) is 6.98. The Balaban J connectivity index is 2.14. The highest BCUT2D eigenvalue weighted by atomic mass is 14.6. The Labute approximate surface area is 70.9 Å². The molecule has 0 aliphatic heterocycles. The summed E-state index contributed by atoms with van der Waals surface area (Å²) in [6, 6.07) is 4.06. The van der Waals surface area contributed by atoms with E-state index in [0.29, 0.717) is 0 Å². The Bertz CT molecular complexity index is 305. The van der Waals surface area contributed by atoms with E-state index in [2.05, 4.69) is 22.1 Å². The standard InChI is InChI=1S/C10H10N2/c1(9-3-5-11-7-9)2-10-4-6-12-8-10/h1-8,11-12H. The summed E-state index contributed by atoms with van der Waals surface area (Å²) in [6.45, 7) is 0. The lowest BCUT2D eigenvalue weighted by Gasteiger charge is -1.82. The Morgan fingerprint density at radius 2 is 1.33 bits per heavy atom. The van der Waals surface area contributed by atoms with Gasteiger partial charge in [0.05, 0.1) is 0 Å². The topological polar surface area (TPSA) is 31.6 Å². The van der Waals surface area contributed by atoms with Gasteiger partial charge in [0.1, 0.15) is 0 Å². The average molecular weight is 158 g/mol. The van der Waals surface area contributed by atoms with Gasteiger partial charge in [-0.05, 0) is 23.3 Å². The molecule has 0 aliphatic carbocycles. The fourth-order valence-electron chi connectivity index (χ4n) is 1.07. The van der Waals surface area contributed by atoms with Crippen LogP contribution in [0.4, 0.5) is 0 Å². The summed E-state index contributed by atoms with van der Waals surface area (Å²) < 4.78 is 0. The molecule has 2 aromatic heterocycles. The van der Waals surface area contributed by atoms with Crippen LogP contribution < -0.4 is 0 Å². The second kappa shape index (κ2) is 3.13. The molecule has 2 rings (SSSR count). The van der Waals surface area contributed by atoms with Gasteiger partial charge in [0.25, 0.3) is 0 Å². The van der Waals surface area contributed by atoms with Gasteiger partial charge in [0.15, 0.2) is 0 Å². The fraction of sp³-hybridized carbons (Fsp3) is 0. The molecule has 0 amide bonds. The molecular formula is C10H10N2. The van der Waals surface area contributed by atoms with E-state index in [1.54, 1.807) is 0 Å². The van der Waals surface area contributed by atoms with Crippen molar-refractivity contribution in [1.29, 1.82) is 0 Å². The van der Waals surface area contributed by atoms with Gasteiger partial charge in [-0.15, -0.1) is 0 Å². The minimum absolute atomic E-state index is 1.19. The molecule has 0 spiro atoms. The van der Waals surface area contributed by atoms with Crippen molar-refractivity contribution in [3.63, 3.8) is 0 Å². The number of nitrogens with one attached hydrogen (secondary N) is 2. The minimum Gasteiger partial charge on any atom is -0.367 e. The summed E-state index contributed by atoms with van der Waals surface area (Å²) in [5.41, 5.74) is 2.38. The van der Waals surface area contributed by atoms with Gasteiger partial charge in [-0.3, -0.25) is 0 Å². The molecule has 2 aromatic rings. The number of hydrogen-bond donors (Lipinski definition) is 2. The van der Waals surface area contributed by atoms with Crippen molar-refractivity contribution in [2.75, 3.05) is 0 Å². The molecule has 0 aliphatic rings. The van der Waals surface area contributed by atoms with Gasteiger partial charge in [-0.25, -0.2) is 0 Å². The van der Waals surface area contributed by atoms with Gasteiger partial charge in [-0.1, -0.05) is 12.2 Å². The minimum atomic E-state index is 1.19. The molecule has 0 saturated carbocycles. The monoisotopic (exact) mass is 158 g/mol. The first-order valence-corrected chi connectivity index (χ1v) is 3.89.